The molecule has 4 N–H and O–H groups in total. The normalized spacial score (nSPS) is 21.8. The van der Waals surface area contributed by atoms with Crippen LogP contribution in [0.2, 0.25) is 0 Å². The molecule has 0 aromatic carbocycles. The lowest BCUT2D eigenvalue weighted by Gasteiger charge is -2.41. The van der Waals surface area contributed by atoms with E-state index in [1.54, 1.807) is 0 Å². The molecule has 0 spiro atoms. The summed E-state index contributed by atoms with van der Waals surface area (Å²) >= 11 is 0. The quantitative estimate of drug-likeness (QED) is 0.0303. The maximum atomic E-state index is 12.7. The number of carbonyl (C=O) groups excluding carboxylic acids is 1. The van der Waals surface area contributed by atoms with Crippen LogP contribution in [0, 0.1) is 0 Å². The van der Waals surface area contributed by atoms with E-state index in [0.29, 0.717) is 13.0 Å². The minimum absolute atomic E-state index is 0.0435. The molecule has 0 aromatic heterocycles. The molecule has 0 bridgehead atoms. The van der Waals surface area contributed by atoms with Crippen molar-refractivity contribution in [2.75, 3.05) is 26.4 Å². The molecule has 50 heavy (non-hydrogen) atoms. The van der Waals surface area contributed by atoms with E-state index in [-0.39, 0.29) is 19.6 Å². The highest BCUT2D eigenvalue weighted by molar-refractivity contribution is 7.80. The van der Waals surface area contributed by atoms with Gasteiger partial charge in [-0.3, -0.25) is 9.35 Å². The van der Waals surface area contributed by atoms with E-state index in [4.69, 9.17) is 23.5 Å². The second-order valence-electron chi connectivity index (χ2n) is 13.9. The van der Waals surface area contributed by atoms with Crippen molar-refractivity contribution in [3.05, 3.63) is 0 Å². The highest BCUT2D eigenvalue weighted by atomic mass is 32.3. The molecule has 0 aromatic rings. The molecule has 6 unspecified atom stereocenters. The molecule has 12 nitrogen and oxygen atoms in total. The number of rotatable bonds is 34. The van der Waals surface area contributed by atoms with Crippen molar-refractivity contribution >= 4 is 16.4 Å². The number of ether oxygens (including phenoxy) is 4. The van der Waals surface area contributed by atoms with Crippen LogP contribution in [-0.2, 0) is 38.3 Å². The summed E-state index contributed by atoms with van der Waals surface area (Å²) in [4.78, 5) is 12.7. The zero-order valence-electron chi connectivity index (χ0n) is 31.2. The van der Waals surface area contributed by atoms with E-state index < -0.39 is 59.8 Å². The Hall–Kier alpha value is -0.900. The van der Waals surface area contributed by atoms with E-state index in [1.807, 2.05) is 0 Å². The average molecular weight is 741 g/mol. The molecule has 0 aliphatic carbocycles. The Kier molecular flexibility index (Phi) is 28.8. The molecule has 1 fully saturated rings. The predicted octanol–water partition coefficient (Wildman–Crippen LogP) is 6.96. The minimum atomic E-state index is -5.05. The molecule has 1 aliphatic heterocycles. The lowest BCUT2D eigenvalue weighted by atomic mass is 9.99. The second-order valence-corrected chi connectivity index (χ2v) is 14.9. The van der Waals surface area contributed by atoms with Crippen LogP contribution in [0.1, 0.15) is 168 Å². The number of aliphatic hydroxyl groups excluding tert-OH is 3. The van der Waals surface area contributed by atoms with E-state index in [2.05, 4.69) is 18.0 Å². The zero-order chi connectivity index (χ0) is 36.9. The minimum Gasteiger partial charge on any atom is -0.457 e. The standard InChI is InChI=1S/C37H72O12S/c1-3-5-7-9-11-13-15-16-17-19-21-23-25-27-45-29-31(47-33(39)26-24-22-20-18-14-12-10-8-6-4-2)30-46-37-35(41)36(49-50(42,43)44)34(40)32(28-38)48-37/h31-32,34-38,40-41H,3-30H2,1-2H3,(H,42,43,44). The van der Waals surface area contributed by atoms with Gasteiger partial charge in [-0.05, 0) is 12.8 Å². The Morgan fingerprint density at radius 2 is 1.14 bits per heavy atom. The third-order valence-electron chi connectivity index (χ3n) is 9.23. The van der Waals surface area contributed by atoms with Gasteiger partial charge in [-0.1, -0.05) is 149 Å². The van der Waals surface area contributed by atoms with Gasteiger partial charge in [0.2, 0.25) is 0 Å². The van der Waals surface area contributed by atoms with Crippen molar-refractivity contribution in [2.24, 2.45) is 0 Å². The number of aliphatic hydroxyl groups is 3. The Bertz CT molecular complexity index is 905. The van der Waals surface area contributed by atoms with Gasteiger partial charge in [0.25, 0.3) is 0 Å². The molecule has 1 heterocycles. The van der Waals surface area contributed by atoms with Crippen molar-refractivity contribution in [1.29, 1.82) is 0 Å². The first-order chi connectivity index (χ1) is 24.1. The van der Waals surface area contributed by atoms with Crippen LogP contribution < -0.4 is 0 Å². The molecular formula is C37H72O12S. The first kappa shape index (κ1) is 47.1. The lowest BCUT2D eigenvalue weighted by Crippen LogP contribution is -2.60. The summed E-state index contributed by atoms with van der Waals surface area (Å²) < 4.78 is 58.7. The highest BCUT2D eigenvalue weighted by Crippen LogP contribution is 2.26. The molecule has 6 atom stereocenters. The molecule has 298 valence electrons. The summed E-state index contributed by atoms with van der Waals surface area (Å²) in [5.74, 6) is -0.399. The predicted molar refractivity (Wildman–Crippen MR) is 193 cm³/mol. The van der Waals surface area contributed by atoms with Gasteiger partial charge >= 0.3 is 16.4 Å². The molecular weight excluding hydrogens is 668 g/mol. The lowest BCUT2D eigenvalue weighted by molar-refractivity contribution is -0.301. The molecule has 0 amide bonds. The van der Waals surface area contributed by atoms with Crippen LogP contribution in [0.4, 0.5) is 0 Å². The van der Waals surface area contributed by atoms with Crippen molar-refractivity contribution < 1.29 is 56.2 Å². The van der Waals surface area contributed by atoms with E-state index in [1.165, 1.54) is 103 Å². The van der Waals surface area contributed by atoms with Gasteiger partial charge in [0.05, 0.1) is 19.8 Å². The largest absolute Gasteiger partial charge is 0.457 e. The summed E-state index contributed by atoms with van der Waals surface area (Å²) in [6, 6.07) is 0. The number of unbranched alkanes of at least 4 members (excludes halogenated alkanes) is 21. The fraction of sp³-hybridized carbons (Fsp3) is 0.973. The molecule has 0 radical (unpaired) electrons. The van der Waals surface area contributed by atoms with Gasteiger partial charge in [-0.25, -0.2) is 4.18 Å². The SMILES string of the molecule is CCCCCCCCCCCCCCCOCC(COC1OC(CO)C(O)C(OS(=O)(=O)O)C1O)OC(=O)CCCCCCCCCCCC. The van der Waals surface area contributed by atoms with Gasteiger partial charge in [-0.15, -0.1) is 0 Å². The Morgan fingerprint density at radius 3 is 1.60 bits per heavy atom. The monoisotopic (exact) mass is 740 g/mol. The van der Waals surface area contributed by atoms with Crippen molar-refractivity contribution in [1.82, 2.24) is 0 Å². The van der Waals surface area contributed by atoms with Crippen LogP contribution in [0.15, 0.2) is 0 Å². The fourth-order valence-electron chi connectivity index (χ4n) is 6.20. The third kappa shape index (κ3) is 24.4. The van der Waals surface area contributed by atoms with Crippen LogP contribution >= 0.6 is 0 Å². The summed E-state index contributed by atoms with van der Waals surface area (Å²) in [7, 11) is -5.05. The van der Waals surface area contributed by atoms with E-state index in [9.17, 15) is 28.5 Å². The van der Waals surface area contributed by atoms with Gasteiger partial charge < -0.3 is 34.3 Å². The van der Waals surface area contributed by atoms with Gasteiger partial charge in [0, 0.05) is 13.0 Å². The molecule has 13 heteroatoms. The smallest absolute Gasteiger partial charge is 0.397 e. The van der Waals surface area contributed by atoms with Crippen molar-refractivity contribution in [3.8, 4) is 0 Å². The number of hydrogen-bond acceptors (Lipinski definition) is 11. The number of carbonyl (C=O) groups is 1. The van der Waals surface area contributed by atoms with Crippen LogP contribution in [-0.4, -0.2) is 97.5 Å². The maximum absolute atomic E-state index is 12.7. The average Bonchev–Trinajstić information content (AvgIpc) is 3.08. The molecule has 1 saturated heterocycles. The van der Waals surface area contributed by atoms with Gasteiger partial charge in [0.1, 0.15) is 30.5 Å². The van der Waals surface area contributed by atoms with E-state index >= 15 is 0 Å². The Labute approximate surface area is 303 Å². The zero-order valence-corrected chi connectivity index (χ0v) is 32.0. The van der Waals surface area contributed by atoms with Crippen LogP contribution in [0.5, 0.6) is 0 Å². The van der Waals surface area contributed by atoms with Gasteiger partial charge in [0.15, 0.2) is 6.29 Å². The third-order valence-corrected chi connectivity index (χ3v) is 9.69. The first-order valence-electron chi connectivity index (χ1n) is 19.8. The second kappa shape index (κ2) is 30.6. The summed E-state index contributed by atoms with van der Waals surface area (Å²) in [6.07, 6.45) is 18.6. The molecule has 1 aliphatic rings. The topological polar surface area (TPSA) is 178 Å². The molecule has 1 rings (SSSR count). The van der Waals surface area contributed by atoms with Crippen LogP contribution in [0.25, 0.3) is 0 Å². The summed E-state index contributed by atoms with van der Waals surface area (Å²) in [5.41, 5.74) is 0. The van der Waals surface area contributed by atoms with Crippen molar-refractivity contribution in [3.63, 3.8) is 0 Å². The summed E-state index contributed by atoms with van der Waals surface area (Å²) in [5, 5.41) is 30.5. The fourth-order valence-corrected chi connectivity index (χ4v) is 6.71. The number of hydrogen-bond donors (Lipinski definition) is 4. The maximum Gasteiger partial charge on any atom is 0.397 e. The Morgan fingerprint density at radius 1 is 0.680 bits per heavy atom. The van der Waals surface area contributed by atoms with Gasteiger partial charge in [-0.2, -0.15) is 8.42 Å². The number of esters is 1. The van der Waals surface area contributed by atoms with Crippen LogP contribution in [0.3, 0.4) is 0 Å². The first-order valence-corrected chi connectivity index (χ1v) is 21.2. The molecule has 0 saturated carbocycles. The highest BCUT2D eigenvalue weighted by Gasteiger charge is 2.48. The van der Waals surface area contributed by atoms with Crippen molar-refractivity contribution in [2.45, 2.75) is 205 Å². The Balaban J connectivity index is 2.49. The summed E-state index contributed by atoms with van der Waals surface area (Å²) in [6.45, 7) is 3.98. The van der Waals surface area contributed by atoms with E-state index in [0.717, 1.165) is 38.5 Å².